The van der Waals surface area contributed by atoms with Gasteiger partial charge in [0.25, 0.3) is 0 Å². The molecule has 1 fully saturated rings. The van der Waals surface area contributed by atoms with Crippen LogP contribution in [0.2, 0.25) is 0 Å². The van der Waals surface area contributed by atoms with Crippen molar-refractivity contribution in [2.45, 2.75) is 64.9 Å². The molecular weight excluding hydrogens is 176 g/mol. The fraction of sp³-hybridized carbons (Fsp3) is 0.917. The van der Waals surface area contributed by atoms with Crippen LogP contribution in [0.1, 0.15) is 59.3 Å². The van der Waals surface area contributed by atoms with Crippen LogP contribution in [0, 0.1) is 5.92 Å². The summed E-state index contributed by atoms with van der Waals surface area (Å²) in [7, 11) is 0. The summed E-state index contributed by atoms with van der Waals surface area (Å²) in [4.78, 5) is 11.5. The number of carbonyl (C=O) groups is 1. The zero-order valence-corrected chi connectivity index (χ0v) is 9.64. The zero-order chi connectivity index (χ0) is 10.6. The maximum atomic E-state index is 11.5. The van der Waals surface area contributed by atoms with Gasteiger partial charge >= 0.3 is 5.97 Å². The van der Waals surface area contributed by atoms with Gasteiger partial charge in [0.2, 0.25) is 0 Å². The third kappa shape index (κ3) is 3.69. The molecule has 14 heavy (non-hydrogen) atoms. The van der Waals surface area contributed by atoms with E-state index in [1.807, 2.05) is 0 Å². The van der Waals surface area contributed by atoms with Crippen LogP contribution in [0.15, 0.2) is 0 Å². The lowest BCUT2D eigenvalue weighted by Gasteiger charge is -2.15. The second-order valence-corrected chi connectivity index (χ2v) is 4.84. The van der Waals surface area contributed by atoms with E-state index in [0.717, 1.165) is 32.1 Å². The van der Waals surface area contributed by atoms with Crippen LogP contribution in [0.3, 0.4) is 0 Å². The SMILES string of the molecule is CCCC1(OC(=O)CCC(C)C)CC1. The highest BCUT2D eigenvalue weighted by molar-refractivity contribution is 5.70. The van der Waals surface area contributed by atoms with Gasteiger partial charge in [-0.1, -0.05) is 27.2 Å². The summed E-state index contributed by atoms with van der Waals surface area (Å²) in [5.74, 6) is 0.591. The number of ether oxygens (including phenoxy) is 1. The van der Waals surface area contributed by atoms with Gasteiger partial charge in [-0.25, -0.2) is 0 Å². The Labute approximate surface area is 87.0 Å². The topological polar surface area (TPSA) is 26.3 Å². The predicted octanol–water partition coefficient (Wildman–Crippen LogP) is 3.30. The number of hydrogen-bond donors (Lipinski definition) is 0. The van der Waals surface area contributed by atoms with Crippen LogP contribution in [0.25, 0.3) is 0 Å². The molecular formula is C12H22O2. The molecule has 0 aromatic carbocycles. The van der Waals surface area contributed by atoms with Crippen molar-refractivity contribution in [3.63, 3.8) is 0 Å². The molecule has 82 valence electrons. The Bertz CT molecular complexity index is 192. The molecule has 0 aromatic rings. The van der Waals surface area contributed by atoms with Gasteiger partial charge in [-0.2, -0.15) is 0 Å². The number of rotatable bonds is 6. The number of esters is 1. The molecule has 0 spiro atoms. The molecule has 0 aromatic heterocycles. The Morgan fingerprint density at radius 3 is 2.50 bits per heavy atom. The van der Waals surface area contributed by atoms with E-state index >= 15 is 0 Å². The van der Waals surface area contributed by atoms with E-state index in [-0.39, 0.29) is 11.6 Å². The van der Waals surface area contributed by atoms with Crippen molar-refractivity contribution in [1.82, 2.24) is 0 Å². The first-order valence-electron chi connectivity index (χ1n) is 5.80. The molecule has 1 aliphatic carbocycles. The molecule has 0 heterocycles. The first-order chi connectivity index (χ1) is 6.58. The predicted molar refractivity (Wildman–Crippen MR) is 57.0 cm³/mol. The van der Waals surface area contributed by atoms with Crippen molar-refractivity contribution < 1.29 is 9.53 Å². The van der Waals surface area contributed by atoms with Gasteiger partial charge in [0.1, 0.15) is 5.60 Å². The van der Waals surface area contributed by atoms with Gasteiger partial charge in [0.15, 0.2) is 0 Å². The highest BCUT2D eigenvalue weighted by Crippen LogP contribution is 2.43. The highest BCUT2D eigenvalue weighted by atomic mass is 16.6. The molecule has 0 unspecified atom stereocenters. The second-order valence-electron chi connectivity index (χ2n) is 4.84. The van der Waals surface area contributed by atoms with Crippen molar-refractivity contribution in [3.8, 4) is 0 Å². The summed E-state index contributed by atoms with van der Waals surface area (Å²) in [6.45, 7) is 6.40. The maximum Gasteiger partial charge on any atom is 0.306 e. The zero-order valence-electron chi connectivity index (χ0n) is 9.64. The second kappa shape index (κ2) is 4.81. The minimum absolute atomic E-state index is 0.00431. The smallest absolute Gasteiger partial charge is 0.306 e. The lowest BCUT2D eigenvalue weighted by molar-refractivity contribution is -0.151. The fourth-order valence-electron chi connectivity index (χ4n) is 1.70. The first kappa shape index (κ1) is 11.5. The van der Waals surface area contributed by atoms with Crippen molar-refractivity contribution in [3.05, 3.63) is 0 Å². The molecule has 0 radical (unpaired) electrons. The van der Waals surface area contributed by atoms with Crippen molar-refractivity contribution in [2.75, 3.05) is 0 Å². The number of hydrogen-bond acceptors (Lipinski definition) is 2. The Morgan fingerprint density at radius 1 is 1.43 bits per heavy atom. The van der Waals surface area contributed by atoms with Gasteiger partial charge in [-0.05, 0) is 31.6 Å². The van der Waals surface area contributed by atoms with Gasteiger partial charge in [0, 0.05) is 6.42 Å². The molecule has 1 saturated carbocycles. The van der Waals surface area contributed by atoms with Crippen molar-refractivity contribution >= 4 is 5.97 Å². The summed E-state index contributed by atoms with van der Waals surface area (Å²) in [6, 6.07) is 0. The van der Waals surface area contributed by atoms with Gasteiger partial charge in [-0.3, -0.25) is 4.79 Å². The first-order valence-corrected chi connectivity index (χ1v) is 5.80. The Hall–Kier alpha value is -0.530. The van der Waals surface area contributed by atoms with E-state index in [4.69, 9.17) is 4.74 Å². The van der Waals surface area contributed by atoms with E-state index in [1.165, 1.54) is 0 Å². The van der Waals surface area contributed by atoms with Gasteiger partial charge in [-0.15, -0.1) is 0 Å². The minimum Gasteiger partial charge on any atom is -0.459 e. The molecule has 0 saturated heterocycles. The molecule has 2 heteroatoms. The molecule has 2 nitrogen and oxygen atoms in total. The standard InChI is InChI=1S/C12H22O2/c1-4-7-12(8-9-12)14-11(13)6-5-10(2)3/h10H,4-9H2,1-3H3. The maximum absolute atomic E-state index is 11.5. The Balaban J connectivity index is 2.20. The van der Waals surface area contributed by atoms with Crippen LogP contribution < -0.4 is 0 Å². The van der Waals surface area contributed by atoms with E-state index in [2.05, 4.69) is 20.8 Å². The third-order valence-electron chi connectivity index (χ3n) is 2.77. The summed E-state index contributed by atoms with van der Waals surface area (Å²) in [5.41, 5.74) is -0.0389. The molecule has 0 aliphatic heterocycles. The van der Waals surface area contributed by atoms with Crippen LogP contribution in [0.5, 0.6) is 0 Å². The average molecular weight is 198 g/mol. The molecule has 1 rings (SSSR count). The summed E-state index contributed by atoms with van der Waals surface area (Å²) < 4.78 is 5.50. The van der Waals surface area contributed by atoms with Crippen LogP contribution >= 0.6 is 0 Å². The molecule has 1 aliphatic rings. The molecule has 0 amide bonds. The van der Waals surface area contributed by atoms with Crippen molar-refractivity contribution in [2.24, 2.45) is 5.92 Å². The minimum atomic E-state index is -0.0389. The summed E-state index contributed by atoms with van der Waals surface area (Å²) in [5, 5.41) is 0. The Morgan fingerprint density at radius 2 is 2.07 bits per heavy atom. The summed E-state index contributed by atoms with van der Waals surface area (Å²) in [6.07, 6.45) is 5.84. The van der Waals surface area contributed by atoms with E-state index in [1.54, 1.807) is 0 Å². The van der Waals surface area contributed by atoms with Crippen LogP contribution in [0.4, 0.5) is 0 Å². The lowest BCUT2D eigenvalue weighted by Crippen LogP contribution is -2.19. The fourth-order valence-corrected chi connectivity index (χ4v) is 1.70. The van der Waals surface area contributed by atoms with E-state index < -0.39 is 0 Å². The number of carbonyl (C=O) groups excluding carboxylic acids is 1. The summed E-state index contributed by atoms with van der Waals surface area (Å²) >= 11 is 0. The monoisotopic (exact) mass is 198 g/mol. The molecule has 0 atom stereocenters. The van der Waals surface area contributed by atoms with Gasteiger partial charge in [0.05, 0.1) is 0 Å². The normalized spacial score (nSPS) is 18.3. The largest absolute Gasteiger partial charge is 0.459 e. The quantitative estimate of drug-likeness (QED) is 0.612. The van der Waals surface area contributed by atoms with Gasteiger partial charge < -0.3 is 4.74 Å². The average Bonchev–Trinajstić information content (AvgIpc) is 2.82. The third-order valence-corrected chi connectivity index (χ3v) is 2.77. The van der Waals surface area contributed by atoms with Crippen LogP contribution in [-0.2, 0) is 9.53 Å². The molecule has 0 N–H and O–H groups in total. The Kier molecular flexibility index (Phi) is 3.97. The van der Waals surface area contributed by atoms with E-state index in [0.29, 0.717) is 12.3 Å². The molecule has 0 bridgehead atoms. The van der Waals surface area contributed by atoms with Crippen molar-refractivity contribution in [1.29, 1.82) is 0 Å². The highest BCUT2D eigenvalue weighted by Gasteiger charge is 2.45. The van der Waals surface area contributed by atoms with E-state index in [9.17, 15) is 4.79 Å². The lowest BCUT2D eigenvalue weighted by atomic mass is 10.1. The van der Waals surface area contributed by atoms with Crippen LogP contribution in [-0.4, -0.2) is 11.6 Å².